The fourth-order valence-electron chi connectivity index (χ4n) is 3.74. The van der Waals surface area contributed by atoms with Gasteiger partial charge in [0.05, 0.1) is 5.92 Å². The lowest BCUT2D eigenvalue weighted by Crippen LogP contribution is -2.50. The van der Waals surface area contributed by atoms with Crippen molar-refractivity contribution in [3.8, 4) is 0 Å². The first-order valence-electron chi connectivity index (χ1n) is 7.81. The van der Waals surface area contributed by atoms with E-state index in [4.69, 9.17) is 11.5 Å². The molecule has 0 aromatic carbocycles. The molecule has 2 aliphatic rings. The molecule has 0 spiro atoms. The molecule has 1 saturated heterocycles. The Morgan fingerprint density at radius 3 is 2.35 bits per heavy atom. The molecule has 5 nitrogen and oxygen atoms in total. The number of amides is 2. The molecule has 0 bridgehead atoms. The zero-order valence-corrected chi connectivity index (χ0v) is 12.4. The first-order chi connectivity index (χ1) is 9.49. The van der Waals surface area contributed by atoms with Crippen molar-refractivity contribution in [2.75, 3.05) is 13.1 Å². The molecule has 3 atom stereocenters. The lowest BCUT2D eigenvalue weighted by atomic mass is 9.76. The number of nitrogens with two attached hydrogens (primary N) is 2. The van der Waals surface area contributed by atoms with Gasteiger partial charge in [-0.2, -0.15) is 0 Å². The van der Waals surface area contributed by atoms with Gasteiger partial charge < -0.3 is 16.4 Å². The minimum absolute atomic E-state index is 0.00888. The summed E-state index contributed by atoms with van der Waals surface area (Å²) in [6, 6.07) is 0.00888. The predicted octanol–water partition coefficient (Wildman–Crippen LogP) is 0.864. The van der Waals surface area contributed by atoms with Crippen LogP contribution in [0.5, 0.6) is 0 Å². The van der Waals surface area contributed by atoms with E-state index in [1.165, 1.54) is 0 Å². The minimum atomic E-state index is -0.238. The Morgan fingerprint density at radius 2 is 1.80 bits per heavy atom. The van der Waals surface area contributed by atoms with Crippen molar-refractivity contribution in [3.63, 3.8) is 0 Å². The van der Waals surface area contributed by atoms with E-state index in [-0.39, 0.29) is 23.8 Å². The summed E-state index contributed by atoms with van der Waals surface area (Å²) in [5, 5.41) is 0. The largest absolute Gasteiger partial charge is 0.370 e. The van der Waals surface area contributed by atoms with Crippen LogP contribution in [0.15, 0.2) is 0 Å². The summed E-state index contributed by atoms with van der Waals surface area (Å²) in [4.78, 5) is 25.5. The van der Waals surface area contributed by atoms with E-state index in [0.29, 0.717) is 18.3 Å². The van der Waals surface area contributed by atoms with Crippen LogP contribution in [0.3, 0.4) is 0 Å². The summed E-state index contributed by atoms with van der Waals surface area (Å²) >= 11 is 0. The van der Waals surface area contributed by atoms with Gasteiger partial charge in [0.25, 0.3) is 0 Å². The second kappa shape index (κ2) is 6.57. The van der Waals surface area contributed by atoms with Crippen LogP contribution in [-0.2, 0) is 9.59 Å². The van der Waals surface area contributed by atoms with Crippen LogP contribution in [-0.4, -0.2) is 35.8 Å². The Bertz CT molecular complexity index is 354. The van der Waals surface area contributed by atoms with Gasteiger partial charge in [-0.25, -0.2) is 0 Å². The van der Waals surface area contributed by atoms with Gasteiger partial charge in [-0.3, -0.25) is 9.59 Å². The van der Waals surface area contributed by atoms with Crippen LogP contribution in [0.25, 0.3) is 0 Å². The third kappa shape index (κ3) is 3.51. The monoisotopic (exact) mass is 281 g/mol. The first kappa shape index (κ1) is 15.3. The Morgan fingerprint density at radius 1 is 1.15 bits per heavy atom. The Kier molecular flexibility index (Phi) is 5.02. The SMILES string of the molecule is CC1CCCC(N)C1C(=O)N1CCC(CC(N)=O)CC1. The number of hydrogen-bond acceptors (Lipinski definition) is 3. The summed E-state index contributed by atoms with van der Waals surface area (Å²) in [5.74, 6) is 0.694. The van der Waals surface area contributed by atoms with Crippen LogP contribution in [0.1, 0.15) is 45.4 Å². The van der Waals surface area contributed by atoms with Crippen molar-refractivity contribution in [2.24, 2.45) is 29.2 Å². The standard InChI is InChI=1S/C15H27N3O2/c1-10-3-2-4-12(16)14(10)15(20)18-7-5-11(6-8-18)9-13(17)19/h10-12,14H,2-9,16H2,1H3,(H2,17,19). The van der Waals surface area contributed by atoms with Crippen molar-refractivity contribution >= 4 is 11.8 Å². The highest BCUT2D eigenvalue weighted by Crippen LogP contribution is 2.31. The number of rotatable bonds is 3. The third-order valence-electron chi connectivity index (χ3n) is 4.97. The maximum atomic E-state index is 12.7. The summed E-state index contributed by atoms with van der Waals surface area (Å²) in [5.41, 5.74) is 11.4. The maximum Gasteiger partial charge on any atom is 0.227 e. The quantitative estimate of drug-likeness (QED) is 0.804. The van der Waals surface area contributed by atoms with Crippen molar-refractivity contribution in [2.45, 2.75) is 51.5 Å². The summed E-state index contributed by atoms with van der Waals surface area (Å²) < 4.78 is 0. The van der Waals surface area contributed by atoms with Crippen molar-refractivity contribution < 1.29 is 9.59 Å². The smallest absolute Gasteiger partial charge is 0.227 e. The summed E-state index contributed by atoms with van der Waals surface area (Å²) in [6.07, 6.45) is 5.39. The van der Waals surface area contributed by atoms with Gasteiger partial charge in [-0.15, -0.1) is 0 Å². The molecule has 114 valence electrons. The van der Waals surface area contributed by atoms with Crippen molar-refractivity contribution in [1.82, 2.24) is 4.90 Å². The van der Waals surface area contributed by atoms with E-state index < -0.39 is 0 Å². The van der Waals surface area contributed by atoms with Crippen LogP contribution < -0.4 is 11.5 Å². The molecular weight excluding hydrogens is 254 g/mol. The number of carbonyl (C=O) groups excluding carboxylic acids is 2. The lowest BCUT2D eigenvalue weighted by Gasteiger charge is -2.39. The molecule has 5 heteroatoms. The molecule has 0 aromatic heterocycles. The predicted molar refractivity (Wildman–Crippen MR) is 77.6 cm³/mol. The topological polar surface area (TPSA) is 89.4 Å². The number of likely N-dealkylation sites (tertiary alicyclic amines) is 1. The molecule has 1 aliphatic heterocycles. The molecule has 3 unspecified atom stereocenters. The molecule has 1 aliphatic carbocycles. The fraction of sp³-hybridized carbons (Fsp3) is 0.867. The number of piperidine rings is 1. The summed E-state index contributed by atoms with van der Waals surface area (Å²) in [7, 11) is 0. The Balaban J connectivity index is 1.89. The highest BCUT2D eigenvalue weighted by atomic mass is 16.2. The Labute approximate surface area is 121 Å². The zero-order chi connectivity index (χ0) is 14.7. The normalized spacial score (nSPS) is 32.1. The molecule has 1 saturated carbocycles. The molecule has 1 heterocycles. The van der Waals surface area contributed by atoms with Gasteiger partial charge in [-0.1, -0.05) is 13.3 Å². The van der Waals surface area contributed by atoms with Crippen LogP contribution in [0.2, 0.25) is 0 Å². The van der Waals surface area contributed by atoms with Crippen LogP contribution >= 0.6 is 0 Å². The molecule has 2 amide bonds. The van der Waals surface area contributed by atoms with E-state index in [1.807, 2.05) is 4.90 Å². The lowest BCUT2D eigenvalue weighted by molar-refractivity contribution is -0.140. The minimum Gasteiger partial charge on any atom is -0.370 e. The highest BCUT2D eigenvalue weighted by Gasteiger charge is 2.37. The first-order valence-corrected chi connectivity index (χ1v) is 7.81. The molecule has 2 fully saturated rings. The van der Waals surface area contributed by atoms with E-state index in [2.05, 4.69) is 6.92 Å². The maximum absolute atomic E-state index is 12.7. The van der Waals surface area contributed by atoms with Gasteiger partial charge in [0.15, 0.2) is 0 Å². The molecule has 4 N–H and O–H groups in total. The van der Waals surface area contributed by atoms with Gasteiger partial charge >= 0.3 is 0 Å². The van der Waals surface area contributed by atoms with Gasteiger partial charge in [-0.05, 0) is 37.5 Å². The molecule has 2 rings (SSSR count). The number of carbonyl (C=O) groups is 2. The van der Waals surface area contributed by atoms with Crippen molar-refractivity contribution in [1.29, 1.82) is 0 Å². The second-order valence-corrected chi connectivity index (χ2v) is 6.54. The van der Waals surface area contributed by atoms with E-state index in [9.17, 15) is 9.59 Å². The summed E-state index contributed by atoms with van der Waals surface area (Å²) in [6.45, 7) is 3.63. The number of hydrogen-bond donors (Lipinski definition) is 2. The van der Waals surface area contributed by atoms with E-state index in [1.54, 1.807) is 0 Å². The number of primary amides is 1. The third-order valence-corrected chi connectivity index (χ3v) is 4.97. The highest BCUT2D eigenvalue weighted by molar-refractivity contribution is 5.80. The van der Waals surface area contributed by atoms with Gasteiger partial charge in [0.1, 0.15) is 0 Å². The van der Waals surface area contributed by atoms with E-state index >= 15 is 0 Å². The average Bonchev–Trinajstić information content (AvgIpc) is 2.38. The number of nitrogens with zero attached hydrogens (tertiary/aromatic N) is 1. The zero-order valence-electron chi connectivity index (χ0n) is 12.4. The van der Waals surface area contributed by atoms with Gasteiger partial charge in [0.2, 0.25) is 11.8 Å². The molecule has 0 radical (unpaired) electrons. The second-order valence-electron chi connectivity index (χ2n) is 6.54. The average molecular weight is 281 g/mol. The van der Waals surface area contributed by atoms with Crippen LogP contribution in [0.4, 0.5) is 0 Å². The fourth-order valence-corrected chi connectivity index (χ4v) is 3.74. The molecule has 0 aromatic rings. The van der Waals surface area contributed by atoms with Crippen molar-refractivity contribution in [3.05, 3.63) is 0 Å². The van der Waals surface area contributed by atoms with Gasteiger partial charge in [0, 0.05) is 25.6 Å². The molecular formula is C15H27N3O2. The van der Waals surface area contributed by atoms with Crippen LogP contribution in [0, 0.1) is 17.8 Å². The molecule has 20 heavy (non-hydrogen) atoms. The van der Waals surface area contributed by atoms with E-state index in [0.717, 1.165) is 45.2 Å². The Hall–Kier alpha value is -1.10.